The molecule has 2 nitrogen and oxygen atoms in total. The average molecular weight is 563 g/mol. The monoisotopic (exact) mass is 562 g/mol. The third kappa shape index (κ3) is 3.41. The molecule has 2 N–H and O–H groups in total. The molecule has 0 bridgehead atoms. The fourth-order valence-electron chi connectivity index (χ4n) is 6.62. The number of fused-ring (bicyclic) bond motifs is 10. The molecule has 0 unspecified atom stereocenters. The van der Waals surface area contributed by atoms with Crippen LogP contribution in [-0.2, 0) is 0 Å². The van der Waals surface area contributed by atoms with Crippen molar-refractivity contribution in [3.05, 3.63) is 96.6 Å². The molecule has 0 atom stereocenters. The molecule has 0 saturated carbocycles. The fourth-order valence-corrected chi connectivity index (χ4v) is 8.93. The lowest BCUT2D eigenvalue weighted by molar-refractivity contribution is 1.47. The van der Waals surface area contributed by atoms with Crippen LogP contribution < -0.4 is 10.6 Å². The molecule has 0 amide bonds. The second-order valence-electron chi connectivity index (χ2n) is 11.2. The van der Waals surface area contributed by atoms with Crippen LogP contribution in [0.25, 0.3) is 83.4 Å². The summed E-state index contributed by atoms with van der Waals surface area (Å²) in [4.78, 5) is 0. The molecule has 4 heteroatoms. The van der Waals surface area contributed by atoms with Crippen molar-refractivity contribution in [2.45, 2.75) is 6.92 Å². The maximum absolute atomic E-state index is 3.33. The van der Waals surface area contributed by atoms with Gasteiger partial charge in [-0.2, -0.15) is 0 Å². The predicted octanol–water partition coefficient (Wildman–Crippen LogP) is 11.4. The van der Waals surface area contributed by atoms with Crippen molar-refractivity contribution in [1.82, 2.24) is 0 Å². The Bertz CT molecular complexity index is 2570. The van der Waals surface area contributed by atoms with Gasteiger partial charge in [0.15, 0.2) is 0 Å². The summed E-state index contributed by atoms with van der Waals surface area (Å²) in [5, 5.41) is 22.4. The van der Waals surface area contributed by atoms with Crippen molar-refractivity contribution in [2.75, 3.05) is 24.7 Å². The molecule has 0 fully saturated rings. The zero-order valence-electron chi connectivity index (χ0n) is 23.0. The van der Waals surface area contributed by atoms with Gasteiger partial charge in [0.05, 0.1) is 11.4 Å². The highest BCUT2D eigenvalue weighted by Gasteiger charge is 2.14. The van der Waals surface area contributed by atoms with Gasteiger partial charge in [-0.3, -0.25) is 0 Å². The van der Waals surface area contributed by atoms with Crippen LogP contribution >= 0.6 is 22.7 Å². The Labute approximate surface area is 244 Å². The lowest BCUT2D eigenvalue weighted by Crippen LogP contribution is -1.96. The molecule has 7 aromatic carbocycles. The molecule has 0 aliphatic heterocycles. The predicted molar refractivity (Wildman–Crippen MR) is 186 cm³/mol. The summed E-state index contributed by atoms with van der Waals surface area (Å²) in [6, 6.07) is 35.0. The van der Waals surface area contributed by atoms with Crippen molar-refractivity contribution in [2.24, 2.45) is 0 Å². The van der Waals surface area contributed by atoms with E-state index in [1.54, 1.807) is 0 Å². The van der Waals surface area contributed by atoms with Gasteiger partial charge >= 0.3 is 0 Å². The number of hydrogen-bond acceptors (Lipinski definition) is 4. The van der Waals surface area contributed by atoms with E-state index in [2.05, 4.69) is 109 Å². The lowest BCUT2D eigenvalue weighted by atomic mass is 9.99. The molecule has 0 saturated heterocycles. The van der Waals surface area contributed by atoms with Crippen LogP contribution in [0.5, 0.6) is 0 Å². The number of hydrogen-bond donors (Lipinski definition) is 2. The van der Waals surface area contributed by atoms with Crippen molar-refractivity contribution in [1.29, 1.82) is 0 Å². The molecule has 2 heterocycles. The number of benzene rings is 7. The number of thiophene rings is 2. The van der Waals surface area contributed by atoms with Crippen LogP contribution in [0.3, 0.4) is 0 Å². The van der Waals surface area contributed by atoms with Crippen molar-refractivity contribution >= 4 is 117 Å². The van der Waals surface area contributed by atoms with Crippen LogP contribution in [-0.4, -0.2) is 14.1 Å². The summed E-state index contributed by atoms with van der Waals surface area (Å²) in [5.41, 5.74) is 3.54. The van der Waals surface area contributed by atoms with E-state index < -0.39 is 0 Å². The Balaban J connectivity index is 1.27. The summed E-state index contributed by atoms with van der Waals surface area (Å²) in [6.07, 6.45) is 0. The molecule has 196 valence electrons. The minimum absolute atomic E-state index is 1.12. The summed E-state index contributed by atoms with van der Waals surface area (Å²) < 4.78 is 5.43. The van der Waals surface area contributed by atoms with E-state index in [0.29, 0.717) is 0 Å². The summed E-state index contributed by atoms with van der Waals surface area (Å²) in [7, 11) is 3.95. The van der Waals surface area contributed by atoms with Crippen LogP contribution in [0.1, 0.15) is 5.56 Å². The van der Waals surface area contributed by atoms with E-state index in [1.807, 2.05) is 36.8 Å². The van der Waals surface area contributed by atoms with E-state index in [0.717, 1.165) is 11.4 Å². The number of aryl methyl sites for hydroxylation is 1. The minimum atomic E-state index is 1.12. The summed E-state index contributed by atoms with van der Waals surface area (Å²) in [5.74, 6) is 0. The van der Waals surface area contributed by atoms with Gasteiger partial charge in [0.25, 0.3) is 0 Å². The van der Waals surface area contributed by atoms with Gasteiger partial charge in [0, 0.05) is 54.4 Å². The molecule has 0 aliphatic carbocycles. The molecule has 9 aromatic rings. The molecule has 2 aromatic heterocycles. The number of nitrogens with one attached hydrogen (secondary N) is 2. The quantitative estimate of drug-likeness (QED) is 0.205. The molecule has 9 rings (SSSR count). The van der Waals surface area contributed by atoms with E-state index >= 15 is 0 Å². The summed E-state index contributed by atoms with van der Waals surface area (Å²) >= 11 is 3.83. The third-order valence-corrected chi connectivity index (χ3v) is 11.0. The summed E-state index contributed by atoms with van der Waals surface area (Å²) in [6.45, 7) is 2.17. The normalized spacial score (nSPS) is 12.3. The zero-order chi connectivity index (χ0) is 27.4. The van der Waals surface area contributed by atoms with Gasteiger partial charge < -0.3 is 10.6 Å². The second kappa shape index (κ2) is 8.32. The van der Waals surface area contributed by atoms with Gasteiger partial charge in [0.2, 0.25) is 0 Å². The standard InChI is InChI=1S/C37H26N2S2/c1-19-4-5-20-7-22-11-28-30-17-37-31(18-36(30)40-34(28)15-26(22)8-21(20)6-19)29-12-23-9-24-13-32(38-2)33(39-3)14-25(24)10-27(23)16-35(29)41-37/h4-18,38-39H,1-3H3. The van der Waals surface area contributed by atoms with Gasteiger partial charge in [-0.25, -0.2) is 0 Å². The second-order valence-corrected chi connectivity index (χ2v) is 13.4. The topological polar surface area (TPSA) is 24.1 Å². The Morgan fingerprint density at radius 3 is 1.29 bits per heavy atom. The Kier molecular flexibility index (Phi) is 4.74. The third-order valence-electron chi connectivity index (χ3n) is 8.72. The largest absolute Gasteiger partial charge is 0.386 e. The van der Waals surface area contributed by atoms with E-state index in [9.17, 15) is 0 Å². The Morgan fingerprint density at radius 2 is 0.780 bits per heavy atom. The first-order valence-electron chi connectivity index (χ1n) is 14.0. The maximum atomic E-state index is 3.33. The number of anilines is 2. The van der Waals surface area contributed by atoms with Gasteiger partial charge in [-0.15, -0.1) is 22.7 Å². The average Bonchev–Trinajstić information content (AvgIpc) is 3.50. The highest BCUT2D eigenvalue weighted by Crippen LogP contribution is 2.44. The van der Waals surface area contributed by atoms with Gasteiger partial charge in [-0.1, -0.05) is 23.8 Å². The SMILES string of the molecule is CNc1cc2cc3cc4sc5cc6c(cc5c4cc3cc2cc1NC)sc1cc2cc3cc(C)ccc3cc2cc16. The van der Waals surface area contributed by atoms with Crippen LogP contribution in [0, 0.1) is 6.92 Å². The van der Waals surface area contributed by atoms with E-state index in [4.69, 9.17) is 0 Å². The highest BCUT2D eigenvalue weighted by molar-refractivity contribution is 7.27. The first-order valence-corrected chi connectivity index (χ1v) is 15.6. The fraction of sp³-hybridized carbons (Fsp3) is 0.0811. The minimum Gasteiger partial charge on any atom is -0.386 e. The van der Waals surface area contributed by atoms with Crippen molar-refractivity contribution in [3.8, 4) is 0 Å². The first-order chi connectivity index (χ1) is 20.0. The molecule has 41 heavy (non-hydrogen) atoms. The lowest BCUT2D eigenvalue weighted by Gasteiger charge is -2.11. The molecule has 0 radical (unpaired) electrons. The van der Waals surface area contributed by atoms with E-state index in [1.165, 1.54) is 89.0 Å². The smallest absolute Gasteiger partial charge is 0.0579 e. The molecular weight excluding hydrogens is 537 g/mol. The van der Waals surface area contributed by atoms with Crippen molar-refractivity contribution < 1.29 is 0 Å². The Hall–Kier alpha value is -4.38. The maximum Gasteiger partial charge on any atom is 0.0579 e. The van der Waals surface area contributed by atoms with Crippen molar-refractivity contribution in [3.63, 3.8) is 0 Å². The van der Waals surface area contributed by atoms with Crippen LogP contribution in [0.15, 0.2) is 91.0 Å². The first kappa shape index (κ1) is 23.3. The van der Waals surface area contributed by atoms with Crippen LogP contribution in [0.4, 0.5) is 11.4 Å². The zero-order valence-corrected chi connectivity index (χ0v) is 24.6. The number of rotatable bonds is 2. The van der Waals surface area contributed by atoms with Crippen LogP contribution in [0.2, 0.25) is 0 Å². The van der Waals surface area contributed by atoms with Gasteiger partial charge in [0.1, 0.15) is 0 Å². The van der Waals surface area contributed by atoms with E-state index in [-0.39, 0.29) is 0 Å². The molecule has 0 spiro atoms. The van der Waals surface area contributed by atoms with Gasteiger partial charge in [-0.05, 0) is 123 Å². The Morgan fingerprint density at radius 1 is 0.390 bits per heavy atom. The molecular formula is C37H26N2S2. The highest BCUT2D eigenvalue weighted by atomic mass is 32.1. The molecule has 0 aliphatic rings.